The maximum atomic E-state index is 12.0. The fraction of sp³-hybridized carbons (Fsp3) is 0.667. The summed E-state index contributed by atoms with van der Waals surface area (Å²) in [5.74, 6) is 0.0375. The summed E-state index contributed by atoms with van der Waals surface area (Å²) in [4.78, 5) is 10.8. The van der Waals surface area contributed by atoms with Crippen molar-refractivity contribution in [2.45, 2.75) is 37.1 Å². The van der Waals surface area contributed by atoms with Crippen molar-refractivity contribution in [1.82, 2.24) is 14.9 Å². The first-order valence-electron chi connectivity index (χ1n) is 5.58. The van der Waals surface area contributed by atoms with Crippen LogP contribution in [0.3, 0.4) is 0 Å². The Morgan fingerprint density at radius 1 is 1.47 bits per heavy atom. The van der Waals surface area contributed by atoms with Gasteiger partial charge in [-0.1, -0.05) is 18.3 Å². The minimum Gasteiger partial charge on any atom is -0.301 e. The molecule has 7 nitrogen and oxygen atoms in total. The number of nitrogens with one attached hydrogen (secondary N) is 2. The predicted octanol–water partition coefficient (Wildman–Crippen LogP) is 1.18. The molecule has 0 spiro atoms. The van der Waals surface area contributed by atoms with Gasteiger partial charge in [-0.05, 0) is 12.8 Å². The van der Waals surface area contributed by atoms with Crippen LogP contribution in [0.5, 0.6) is 0 Å². The summed E-state index contributed by atoms with van der Waals surface area (Å²) in [7, 11) is -3.72. The number of carbonyl (C=O) groups excluding carboxylic acids is 1. The van der Waals surface area contributed by atoms with E-state index in [0.29, 0.717) is 18.7 Å². The minimum atomic E-state index is -3.72. The van der Waals surface area contributed by atoms with E-state index in [0.717, 1.165) is 11.3 Å². The summed E-state index contributed by atoms with van der Waals surface area (Å²) in [6, 6.07) is -0.240. The third-order valence-corrected chi connectivity index (χ3v) is 5.14. The zero-order valence-corrected chi connectivity index (χ0v) is 12.9. The first kappa shape index (κ1) is 16.3. The van der Waals surface area contributed by atoms with Crippen molar-refractivity contribution in [2.24, 2.45) is 0 Å². The number of hydrogen-bond donors (Lipinski definition) is 2. The first-order valence-corrected chi connectivity index (χ1v) is 8.41. The van der Waals surface area contributed by atoms with Crippen molar-refractivity contribution >= 4 is 44.0 Å². The van der Waals surface area contributed by atoms with Gasteiger partial charge >= 0.3 is 0 Å². The smallest absolute Gasteiger partial charge is 0.270 e. The number of hydrogen-bond acceptors (Lipinski definition) is 6. The molecule has 1 atom stereocenters. The van der Waals surface area contributed by atoms with E-state index in [9.17, 15) is 13.2 Å². The van der Waals surface area contributed by atoms with Crippen LogP contribution in [-0.2, 0) is 14.8 Å². The molecule has 0 fully saturated rings. The summed E-state index contributed by atoms with van der Waals surface area (Å²) >= 11 is 6.40. The molecule has 0 radical (unpaired) electrons. The highest BCUT2D eigenvalue weighted by molar-refractivity contribution is 7.91. The summed E-state index contributed by atoms with van der Waals surface area (Å²) in [5.41, 5.74) is 0. The third-order valence-electron chi connectivity index (χ3n) is 2.19. The molecule has 0 aliphatic heterocycles. The molecular formula is C9H15ClN4O3S2. The zero-order valence-electron chi connectivity index (χ0n) is 10.5. The Balaban J connectivity index is 2.82. The van der Waals surface area contributed by atoms with Gasteiger partial charge in [-0.2, -0.15) is 0 Å². The molecule has 0 saturated heterocycles. The molecule has 0 aromatic carbocycles. The molecule has 2 N–H and O–H groups in total. The molecule has 1 aromatic rings. The van der Waals surface area contributed by atoms with Gasteiger partial charge in [-0.3, -0.25) is 4.79 Å². The van der Waals surface area contributed by atoms with E-state index >= 15 is 0 Å². The molecule has 10 heteroatoms. The fourth-order valence-corrected chi connectivity index (χ4v) is 3.85. The van der Waals surface area contributed by atoms with E-state index in [-0.39, 0.29) is 21.4 Å². The maximum Gasteiger partial charge on any atom is 0.270 e. The minimum absolute atomic E-state index is 0.151. The number of carbonyl (C=O) groups is 1. The highest BCUT2D eigenvalue weighted by Gasteiger charge is 2.23. The van der Waals surface area contributed by atoms with Crippen molar-refractivity contribution in [2.75, 3.05) is 11.2 Å². The number of aromatic nitrogens is 2. The molecule has 0 saturated carbocycles. The van der Waals surface area contributed by atoms with Crippen molar-refractivity contribution in [3.8, 4) is 0 Å². The molecule has 0 aliphatic rings. The molecular weight excluding hydrogens is 312 g/mol. The van der Waals surface area contributed by atoms with Crippen LogP contribution in [-0.4, -0.2) is 36.4 Å². The summed E-state index contributed by atoms with van der Waals surface area (Å²) in [6.45, 7) is 3.17. The van der Waals surface area contributed by atoms with Gasteiger partial charge < -0.3 is 5.32 Å². The highest BCUT2D eigenvalue weighted by Crippen LogP contribution is 2.20. The normalized spacial score (nSPS) is 13.2. The van der Waals surface area contributed by atoms with Gasteiger partial charge in [0.15, 0.2) is 0 Å². The standard InChI is InChI=1S/C9H15ClN4O3S2/c1-3-7(4-5-10)14-19(16,17)9-13-12-8(18-9)11-6(2)15/h7,14H,3-5H2,1-2H3,(H,11,12,15). The Bertz CT molecular complexity index is 531. The second kappa shape index (κ2) is 7.13. The van der Waals surface area contributed by atoms with Gasteiger partial charge in [0.2, 0.25) is 15.4 Å². The van der Waals surface area contributed by atoms with Crippen molar-refractivity contribution in [3.63, 3.8) is 0 Å². The molecule has 1 rings (SSSR count). The Kier molecular flexibility index (Phi) is 6.11. The number of sulfonamides is 1. The average Bonchev–Trinajstić information content (AvgIpc) is 2.76. The van der Waals surface area contributed by atoms with Crippen molar-refractivity contribution in [1.29, 1.82) is 0 Å². The number of rotatable bonds is 7. The summed E-state index contributed by atoms with van der Waals surface area (Å²) < 4.78 is 26.4. The quantitative estimate of drug-likeness (QED) is 0.579. The van der Waals surface area contributed by atoms with Crippen molar-refractivity contribution < 1.29 is 13.2 Å². The van der Waals surface area contributed by atoms with Crippen LogP contribution in [0.15, 0.2) is 4.34 Å². The van der Waals surface area contributed by atoms with E-state index in [1.165, 1.54) is 6.92 Å². The molecule has 1 amide bonds. The Labute approximate surface area is 120 Å². The lowest BCUT2D eigenvalue weighted by atomic mass is 10.2. The average molecular weight is 327 g/mol. The number of alkyl halides is 1. The Morgan fingerprint density at radius 3 is 2.68 bits per heavy atom. The largest absolute Gasteiger partial charge is 0.301 e. The van der Waals surface area contributed by atoms with Gasteiger partial charge in [0.1, 0.15) is 0 Å². The monoisotopic (exact) mass is 326 g/mol. The molecule has 1 heterocycles. The number of halogens is 1. The summed E-state index contributed by atoms with van der Waals surface area (Å²) in [5, 5.41) is 9.69. The van der Waals surface area contributed by atoms with Crippen LogP contribution in [0.2, 0.25) is 0 Å². The van der Waals surface area contributed by atoms with E-state index in [1.807, 2.05) is 6.92 Å². The molecule has 108 valence electrons. The number of nitrogens with zero attached hydrogens (tertiary/aromatic N) is 2. The van der Waals surface area contributed by atoms with E-state index < -0.39 is 10.0 Å². The molecule has 1 unspecified atom stereocenters. The van der Waals surface area contributed by atoms with Crippen LogP contribution in [0.4, 0.5) is 5.13 Å². The van der Waals surface area contributed by atoms with E-state index in [1.54, 1.807) is 0 Å². The molecule has 0 bridgehead atoms. The van der Waals surface area contributed by atoms with E-state index in [4.69, 9.17) is 11.6 Å². The van der Waals surface area contributed by atoms with Crippen LogP contribution in [0, 0.1) is 0 Å². The van der Waals surface area contributed by atoms with Gasteiger partial charge in [0, 0.05) is 18.8 Å². The lowest BCUT2D eigenvalue weighted by Crippen LogP contribution is -2.34. The van der Waals surface area contributed by atoms with Gasteiger partial charge in [-0.25, -0.2) is 13.1 Å². The fourth-order valence-electron chi connectivity index (χ4n) is 1.27. The maximum absolute atomic E-state index is 12.0. The van der Waals surface area contributed by atoms with E-state index in [2.05, 4.69) is 20.2 Å². The third kappa shape index (κ3) is 5.01. The van der Waals surface area contributed by atoms with Gasteiger partial charge in [0.05, 0.1) is 0 Å². The lowest BCUT2D eigenvalue weighted by Gasteiger charge is -2.13. The summed E-state index contributed by atoms with van der Waals surface area (Å²) in [6.07, 6.45) is 1.16. The van der Waals surface area contributed by atoms with Gasteiger partial charge in [0.25, 0.3) is 10.0 Å². The molecule has 19 heavy (non-hydrogen) atoms. The van der Waals surface area contributed by atoms with Crippen LogP contribution >= 0.6 is 22.9 Å². The van der Waals surface area contributed by atoms with Gasteiger partial charge in [-0.15, -0.1) is 21.8 Å². The second-order valence-electron chi connectivity index (χ2n) is 3.76. The Hall–Kier alpha value is -0.770. The lowest BCUT2D eigenvalue weighted by molar-refractivity contribution is -0.114. The number of amides is 1. The zero-order chi connectivity index (χ0) is 14.5. The van der Waals surface area contributed by atoms with Crippen LogP contribution in [0.25, 0.3) is 0 Å². The van der Waals surface area contributed by atoms with Crippen molar-refractivity contribution in [3.05, 3.63) is 0 Å². The predicted molar refractivity (Wildman–Crippen MR) is 74.0 cm³/mol. The Morgan fingerprint density at radius 2 is 2.16 bits per heavy atom. The SMILES string of the molecule is CCC(CCCl)NS(=O)(=O)c1nnc(NC(C)=O)s1. The first-order chi connectivity index (χ1) is 8.89. The highest BCUT2D eigenvalue weighted by atomic mass is 35.5. The molecule has 1 aromatic heterocycles. The molecule has 0 aliphatic carbocycles. The van der Waals surface area contributed by atoms with Crippen LogP contribution < -0.4 is 10.0 Å². The topological polar surface area (TPSA) is 101 Å². The van der Waals surface area contributed by atoms with Crippen LogP contribution in [0.1, 0.15) is 26.7 Å². The second-order valence-corrected chi connectivity index (χ2v) is 7.00. The number of anilines is 1.